The largest absolute Gasteiger partial charge is 0.495 e. The molecule has 0 radical (unpaired) electrons. The highest BCUT2D eigenvalue weighted by Gasteiger charge is 2.38. The lowest BCUT2D eigenvalue weighted by Gasteiger charge is -2.37. The molecule has 2 fully saturated rings. The fourth-order valence-corrected chi connectivity index (χ4v) is 4.14. The van der Waals surface area contributed by atoms with E-state index in [4.69, 9.17) is 16.3 Å². The zero-order valence-corrected chi connectivity index (χ0v) is 17.0. The molecular weight excluding hydrogens is 392 g/mol. The Morgan fingerprint density at radius 1 is 1.14 bits per heavy atom. The van der Waals surface area contributed by atoms with Crippen LogP contribution in [0.4, 0.5) is 11.4 Å². The molecule has 0 bridgehead atoms. The van der Waals surface area contributed by atoms with Crippen molar-refractivity contribution in [2.75, 3.05) is 49.6 Å². The number of anilines is 2. The highest BCUT2D eigenvalue weighted by Crippen LogP contribution is 2.35. The molecule has 0 aliphatic carbocycles. The van der Waals surface area contributed by atoms with Crippen LogP contribution in [0.5, 0.6) is 5.75 Å². The van der Waals surface area contributed by atoms with Gasteiger partial charge in [0, 0.05) is 62.2 Å². The smallest absolute Gasteiger partial charge is 0.228 e. The summed E-state index contributed by atoms with van der Waals surface area (Å²) in [6, 6.07) is 9.11. The minimum Gasteiger partial charge on any atom is -0.495 e. The minimum absolute atomic E-state index is 0.0382. The third-order valence-corrected chi connectivity index (χ3v) is 5.76. The molecule has 0 N–H and O–H groups in total. The lowest BCUT2D eigenvalue weighted by molar-refractivity contribution is -0.136. The van der Waals surface area contributed by atoms with E-state index >= 15 is 0 Å². The van der Waals surface area contributed by atoms with E-state index in [0.717, 1.165) is 18.8 Å². The number of pyridine rings is 1. The predicted molar refractivity (Wildman–Crippen MR) is 111 cm³/mol. The Bertz CT molecular complexity index is 900. The standard InChI is InChI=1S/C21H23ClN4O3/c1-29-19-3-2-16(22)13-18(19)26-14-15(12-20(26)27)21(28)25-10-8-24(9-11-25)17-4-6-23-7-5-17/h2-7,13,15H,8-12,14H2,1H3. The molecule has 4 rings (SSSR count). The Balaban J connectivity index is 1.41. The number of hydrogen-bond acceptors (Lipinski definition) is 5. The van der Waals surface area contributed by atoms with Gasteiger partial charge in [-0.15, -0.1) is 0 Å². The van der Waals surface area contributed by atoms with Crippen LogP contribution >= 0.6 is 11.6 Å². The van der Waals surface area contributed by atoms with Crippen LogP contribution in [-0.2, 0) is 9.59 Å². The molecule has 1 unspecified atom stereocenters. The van der Waals surface area contributed by atoms with Crippen molar-refractivity contribution < 1.29 is 14.3 Å². The summed E-state index contributed by atoms with van der Waals surface area (Å²) in [4.78, 5) is 35.5. The third kappa shape index (κ3) is 4.00. The van der Waals surface area contributed by atoms with Crippen LogP contribution in [0.3, 0.4) is 0 Å². The van der Waals surface area contributed by atoms with Gasteiger partial charge in [0.1, 0.15) is 5.75 Å². The number of carbonyl (C=O) groups is 2. The summed E-state index contributed by atoms with van der Waals surface area (Å²) in [5.41, 5.74) is 1.73. The molecule has 3 heterocycles. The Morgan fingerprint density at radius 3 is 2.55 bits per heavy atom. The molecule has 1 aromatic carbocycles. The summed E-state index contributed by atoms with van der Waals surface area (Å²) >= 11 is 6.11. The molecule has 2 aliphatic rings. The number of methoxy groups -OCH3 is 1. The zero-order chi connectivity index (χ0) is 20.4. The minimum atomic E-state index is -0.348. The van der Waals surface area contributed by atoms with Crippen LogP contribution in [0, 0.1) is 5.92 Å². The molecule has 2 amide bonds. The van der Waals surface area contributed by atoms with E-state index < -0.39 is 0 Å². The number of aromatic nitrogens is 1. The molecule has 1 atom stereocenters. The molecule has 29 heavy (non-hydrogen) atoms. The molecule has 8 heteroatoms. The molecule has 2 saturated heterocycles. The van der Waals surface area contributed by atoms with Crippen molar-refractivity contribution in [3.63, 3.8) is 0 Å². The van der Waals surface area contributed by atoms with Gasteiger partial charge < -0.3 is 19.4 Å². The van der Waals surface area contributed by atoms with Crippen LogP contribution in [0.2, 0.25) is 5.02 Å². The summed E-state index contributed by atoms with van der Waals surface area (Å²) in [7, 11) is 1.55. The van der Waals surface area contributed by atoms with Gasteiger partial charge >= 0.3 is 0 Å². The van der Waals surface area contributed by atoms with E-state index in [0.29, 0.717) is 36.1 Å². The van der Waals surface area contributed by atoms with Crippen LogP contribution in [-0.4, -0.2) is 61.5 Å². The van der Waals surface area contributed by atoms with Crippen LogP contribution in [0.25, 0.3) is 0 Å². The second-order valence-corrected chi connectivity index (χ2v) is 7.68. The fourth-order valence-electron chi connectivity index (χ4n) is 3.98. The van der Waals surface area contributed by atoms with Crippen molar-refractivity contribution in [1.82, 2.24) is 9.88 Å². The number of rotatable bonds is 4. The summed E-state index contributed by atoms with van der Waals surface area (Å²) in [5, 5.41) is 0.524. The number of carbonyl (C=O) groups excluding carboxylic acids is 2. The van der Waals surface area contributed by atoms with Gasteiger partial charge in [-0.3, -0.25) is 14.6 Å². The Hall–Kier alpha value is -2.80. The first kappa shape index (κ1) is 19.5. The average Bonchev–Trinajstić information content (AvgIpc) is 3.15. The summed E-state index contributed by atoms with van der Waals surface area (Å²) in [6.07, 6.45) is 3.75. The van der Waals surface area contributed by atoms with Gasteiger partial charge in [-0.25, -0.2) is 0 Å². The SMILES string of the molecule is COc1ccc(Cl)cc1N1CC(C(=O)N2CCN(c3ccncc3)CC2)CC1=O. The number of ether oxygens (including phenoxy) is 1. The number of hydrogen-bond donors (Lipinski definition) is 0. The van der Waals surface area contributed by atoms with E-state index in [1.54, 1.807) is 42.6 Å². The van der Waals surface area contributed by atoms with Crippen molar-refractivity contribution in [1.29, 1.82) is 0 Å². The fraction of sp³-hybridized carbons (Fsp3) is 0.381. The van der Waals surface area contributed by atoms with Gasteiger partial charge in [0.05, 0.1) is 18.7 Å². The molecule has 0 spiro atoms. The number of amides is 2. The van der Waals surface area contributed by atoms with E-state index in [1.807, 2.05) is 17.0 Å². The van der Waals surface area contributed by atoms with Crippen molar-refractivity contribution in [2.45, 2.75) is 6.42 Å². The summed E-state index contributed by atoms with van der Waals surface area (Å²) in [6.45, 7) is 3.17. The molecule has 1 aromatic heterocycles. The van der Waals surface area contributed by atoms with Crippen molar-refractivity contribution in [3.8, 4) is 5.75 Å². The van der Waals surface area contributed by atoms with Crippen molar-refractivity contribution in [3.05, 3.63) is 47.7 Å². The summed E-state index contributed by atoms with van der Waals surface area (Å²) in [5.74, 6) is 0.177. The predicted octanol–water partition coefficient (Wildman–Crippen LogP) is 2.45. The quantitative estimate of drug-likeness (QED) is 0.768. The zero-order valence-electron chi connectivity index (χ0n) is 16.3. The average molecular weight is 415 g/mol. The van der Waals surface area contributed by atoms with Gasteiger partial charge in [-0.2, -0.15) is 0 Å². The van der Waals surface area contributed by atoms with Gasteiger partial charge in [-0.05, 0) is 30.3 Å². The van der Waals surface area contributed by atoms with Gasteiger partial charge in [0.25, 0.3) is 0 Å². The van der Waals surface area contributed by atoms with E-state index in [1.165, 1.54) is 0 Å². The molecular formula is C21H23ClN4O3. The van der Waals surface area contributed by atoms with Crippen LogP contribution in [0.1, 0.15) is 6.42 Å². The maximum atomic E-state index is 13.0. The number of piperazine rings is 1. The molecule has 2 aromatic rings. The second kappa shape index (κ2) is 8.29. The monoisotopic (exact) mass is 414 g/mol. The number of halogens is 1. The first-order valence-electron chi connectivity index (χ1n) is 9.64. The lowest BCUT2D eigenvalue weighted by Crippen LogP contribution is -2.50. The topological polar surface area (TPSA) is 66.0 Å². The highest BCUT2D eigenvalue weighted by molar-refractivity contribution is 6.31. The highest BCUT2D eigenvalue weighted by atomic mass is 35.5. The Morgan fingerprint density at radius 2 is 1.86 bits per heavy atom. The van der Waals surface area contributed by atoms with Crippen LogP contribution < -0.4 is 14.5 Å². The molecule has 7 nitrogen and oxygen atoms in total. The first-order chi connectivity index (χ1) is 14.1. The normalized spacial score (nSPS) is 19.6. The summed E-state index contributed by atoms with van der Waals surface area (Å²) < 4.78 is 5.37. The van der Waals surface area contributed by atoms with Gasteiger partial charge in [-0.1, -0.05) is 11.6 Å². The molecule has 0 saturated carbocycles. The van der Waals surface area contributed by atoms with Crippen molar-refractivity contribution in [2.24, 2.45) is 5.92 Å². The van der Waals surface area contributed by atoms with E-state index in [2.05, 4.69) is 9.88 Å². The first-order valence-corrected chi connectivity index (χ1v) is 10.0. The Kier molecular flexibility index (Phi) is 5.58. The van der Waals surface area contributed by atoms with Gasteiger partial charge in [0.2, 0.25) is 11.8 Å². The number of benzene rings is 1. The van der Waals surface area contributed by atoms with Crippen molar-refractivity contribution >= 4 is 34.8 Å². The Labute approximate surface area is 174 Å². The van der Waals surface area contributed by atoms with Gasteiger partial charge in [0.15, 0.2) is 0 Å². The molecule has 2 aliphatic heterocycles. The molecule has 152 valence electrons. The van der Waals surface area contributed by atoms with Crippen LogP contribution in [0.15, 0.2) is 42.7 Å². The maximum absolute atomic E-state index is 13.0. The third-order valence-electron chi connectivity index (χ3n) is 5.53. The lowest BCUT2D eigenvalue weighted by atomic mass is 10.1. The maximum Gasteiger partial charge on any atom is 0.228 e. The second-order valence-electron chi connectivity index (χ2n) is 7.24. The number of nitrogens with zero attached hydrogens (tertiary/aromatic N) is 4. The van der Waals surface area contributed by atoms with E-state index in [-0.39, 0.29) is 24.2 Å². The van der Waals surface area contributed by atoms with E-state index in [9.17, 15) is 9.59 Å².